The van der Waals surface area contributed by atoms with Gasteiger partial charge in [0, 0.05) is 0 Å². The first-order valence-corrected chi connectivity index (χ1v) is 6.65. The van der Waals surface area contributed by atoms with E-state index in [0.29, 0.717) is 18.4 Å². The molecule has 0 aromatic heterocycles. The Kier molecular flexibility index (Phi) is 2.71. The van der Waals surface area contributed by atoms with Crippen molar-refractivity contribution >= 4 is 15.8 Å². The lowest BCUT2D eigenvalue weighted by Crippen LogP contribution is -2.25. The molecule has 5 heteroatoms. The Bertz CT molecular complexity index is 488. The Hall–Kier alpha value is -1.36. The number of carbonyl (C=O) groups is 1. The smallest absolute Gasteiger partial charge is 0.326 e. The van der Waals surface area contributed by atoms with Gasteiger partial charge in [0.1, 0.15) is 0 Å². The molecule has 0 bridgehead atoms. The number of hydrogen-bond acceptors (Lipinski definition) is 3. The molecule has 2 rings (SSSR count). The summed E-state index contributed by atoms with van der Waals surface area (Å²) in [5, 5.41) is 7.18. The van der Waals surface area contributed by atoms with Crippen LogP contribution in [0.5, 0.6) is 0 Å². The predicted molar refractivity (Wildman–Crippen MR) is 58.8 cm³/mol. The molecule has 1 aliphatic carbocycles. The standard InChI is InChI=1S/C11H12O4S/c12-11(13)10(8-4-2-1-3-5-8)16(14,15)9-6-7-9/h1-5,9-10H,6-7H2,(H,12,13). The van der Waals surface area contributed by atoms with Gasteiger partial charge in [0.2, 0.25) is 0 Å². The highest BCUT2D eigenvalue weighted by Gasteiger charge is 2.45. The normalized spacial score (nSPS) is 18.0. The number of benzene rings is 1. The zero-order chi connectivity index (χ0) is 11.8. The monoisotopic (exact) mass is 240 g/mol. The molecule has 1 unspecified atom stereocenters. The molecule has 0 heterocycles. The van der Waals surface area contributed by atoms with Gasteiger partial charge >= 0.3 is 5.97 Å². The lowest BCUT2D eigenvalue weighted by molar-refractivity contribution is -0.136. The van der Waals surface area contributed by atoms with Crippen molar-refractivity contribution in [3.63, 3.8) is 0 Å². The molecule has 1 aromatic rings. The first-order chi connectivity index (χ1) is 7.53. The van der Waals surface area contributed by atoms with Gasteiger partial charge in [-0.2, -0.15) is 0 Å². The van der Waals surface area contributed by atoms with Crippen LogP contribution >= 0.6 is 0 Å². The largest absolute Gasteiger partial charge is 0.480 e. The van der Waals surface area contributed by atoms with Gasteiger partial charge in [-0.05, 0) is 18.4 Å². The summed E-state index contributed by atoms with van der Waals surface area (Å²) in [4.78, 5) is 11.1. The Morgan fingerprint density at radius 1 is 1.25 bits per heavy atom. The van der Waals surface area contributed by atoms with E-state index in [0.717, 1.165) is 0 Å². The number of rotatable bonds is 4. The summed E-state index contributed by atoms with van der Waals surface area (Å²) in [7, 11) is -3.58. The number of carboxylic acid groups (broad SMARTS) is 1. The third kappa shape index (κ3) is 1.95. The summed E-state index contributed by atoms with van der Waals surface area (Å²) in [5.41, 5.74) is 0.335. The van der Waals surface area contributed by atoms with E-state index < -0.39 is 26.3 Å². The predicted octanol–water partition coefficient (Wildman–Crippen LogP) is 1.39. The van der Waals surface area contributed by atoms with E-state index in [1.165, 1.54) is 0 Å². The molecule has 1 atom stereocenters. The first-order valence-electron chi connectivity index (χ1n) is 5.04. The highest BCUT2D eigenvalue weighted by Crippen LogP contribution is 2.37. The van der Waals surface area contributed by atoms with E-state index in [9.17, 15) is 13.2 Å². The minimum Gasteiger partial charge on any atom is -0.480 e. The van der Waals surface area contributed by atoms with E-state index in [1.54, 1.807) is 30.3 Å². The number of aliphatic carboxylic acids is 1. The van der Waals surface area contributed by atoms with Gasteiger partial charge in [0.15, 0.2) is 15.1 Å². The van der Waals surface area contributed by atoms with Crippen LogP contribution < -0.4 is 0 Å². The second-order valence-corrected chi connectivity index (χ2v) is 6.23. The molecule has 0 radical (unpaired) electrons. The fourth-order valence-corrected chi connectivity index (χ4v) is 3.69. The third-order valence-corrected chi connectivity index (χ3v) is 5.18. The van der Waals surface area contributed by atoms with Crippen molar-refractivity contribution in [3.05, 3.63) is 35.9 Å². The van der Waals surface area contributed by atoms with Crippen molar-refractivity contribution in [1.29, 1.82) is 0 Å². The van der Waals surface area contributed by atoms with Crippen molar-refractivity contribution in [1.82, 2.24) is 0 Å². The second-order valence-electron chi connectivity index (χ2n) is 3.92. The Morgan fingerprint density at radius 3 is 2.25 bits per heavy atom. The van der Waals surface area contributed by atoms with Crippen molar-refractivity contribution in [2.24, 2.45) is 0 Å². The van der Waals surface area contributed by atoms with Gasteiger partial charge in [-0.25, -0.2) is 8.42 Å². The molecule has 0 amide bonds. The third-order valence-electron chi connectivity index (χ3n) is 2.64. The van der Waals surface area contributed by atoms with Crippen LogP contribution in [-0.2, 0) is 14.6 Å². The SMILES string of the molecule is O=C(O)C(c1ccccc1)S(=O)(=O)C1CC1. The van der Waals surface area contributed by atoms with Gasteiger partial charge in [-0.3, -0.25) is 4.79 Å². The topological polar surface area (TPSA) is 71.4 Å². The molecule has 1 N–H and O–H groups in total. The molecule has 16 heavy (non-hydrogen) atoms. The second kappa shape index (κ2) is 3.90. The van der Waals surface area contributed by atoms with E-state index in [-0.39, 0.29) is 0 Å². The van der Waals surface area contributed by atoms with Crippen molar-refractivity contribution < 1.29 is 18.3 Å². The van der Waals surface area contributed by atoms with Crippen LogP contribution in [-0.4, -0.2) is 24.7 Å². The molecule has 0 spiro atoms. The Morgan fingerprint density at radius 2 is 1.81 bits per heavy atom. The molecule has 1 fully saturated rings. The number of carboxylic acids is 1. The average Bonchev–Trinajstić information content (AvgIpc) is 3.01. The molecule has 4 nitrogen and oxygen atoms in total. The van der Waals surface area contributed by atoms with Crippen molar-refractivity contribution in [2.75, 3.05) is 0 Å². The van der Waals surface area contributed by atoms with Crippen LogP contribution in [0.4, 0.5) is 0 Å². The van der Waals surface area contributed by atoms with E-state index in [4.69, 9.17) is 5.11 Å². The fourth-order valence-electron chi connectivity index (χ4n) is 1.69. The maximum Gasteiger partial charge on any atom is 0.326 e. The number of hydrogen-bond donors (Lipinski definition) is 1. The van der Waals surface area contributed by atoms with Gasteiger partial charge in [0.05, 0.1) is 5.25 Å². The zero-order valence-corrected chi connectivity index (χ0v) is 9.35. The summed E-state index contributed by atoms with van der Waals surface area (Å²) in [5.74, 6) is -1.29. The maximum atomic E-state index is 12.0. The lowest BCUT2D eigenvalue weighted by atomic mass is 10.1. The van der Waals surface area contributed by atoms with Gasteiger partial charge in [-0.1, -0.05) is 30.3 Å². The minimum absolute atomic E-state index is 0.335. The molecular formula is C11H12O4S. The fraction of sp³-hybridized carbons (Fsp3) is 0.364. The summed E-state index contributed by atoms with van der Waals surface area (Å²) in [6.45, 7) is 0. The maximum absolute atomic E-state index is 12.0. The lowest BCUT2D eigenvalue weighted by Gasteiger charge is -2.12. The molecule has 0 saturated heterocycles. The van der Waals surface area contributed by atoms with Crippen LogP contribution in [0.2, 0.25) is 0 Å². The molecule has 1 aliphatic rings. The highest BCUT2D eigenvalue weighted by molar-refractivity contribution is 7.93. The van der Waals surface area contributed by atoms with Crippen molar-refractivity contribution in [3.8, 4) is 0 Å². The zero-order valence-electron chi connectivity index (χ0n) is 8.54. The molecule has 1 saturated carbocycles. The molecular weight excluding hydrogens is 228 g/mol. The molecule has 86 valence electrons. The van der Waals surface area contributed by atoms with Crippen LogP contribution in [0.3, 0.4) is 0 Å². The van der Waals surface area contributed by atoms with E-state index >= 15 is 0 Å². The van der Waals surface area contributed by atoms with Gasteiger partial charge in [-0.15, -0.1) is 0 Å². The first kappa shape index (κ1) is 11.1. The highest BCUT2D eigenvalue weighted by atomic mass is 32.2. The van der Waals surface area contributed by atoms with Crippen LogP contribution in [0.15, 0.2) is 30.3 Å². The van der Waals surface area contributed by atoms with Crippen molar-refractivity contribution in [2.45, 2.75) is 23.3 Å². The molecule has 1 aromatic carbocycles. The summed E-state index contributed by atoms with van der Waals surface area (Å²) in [6, 6.07) is 8.10. The molecule has 0 aliphatic heterocycles. The minimum atomic E-state index is -3.58. The quantitative estimate of drug-likeness (QED) is 0.863. The summed E-state index contributed by atoms with van der Waals surface area (Å²) in [6.07, 6.45) is 1.16. The van der Waals surface area contributed by atoms with Gasteiger partial charge < -0.3 is 5.11 Å². The Balaban J connectivity index is 2.43. The Labute approximate surface area is 93.8 Å². The summed E-state index contributed by atoms with van der Waals surface area (Å²) < 4.78 is 23.9. The van der Waals surface area contributed by atoms with Crippen LogP contribution in [0, 0.1) is 0 Å². The summed E-state index contributed by atoms with van der Waals surface area (Å²) >= 11 is 0. The van der Waals surface area contributed by atoms with E-state index in [1.807, 2.05) is 0 Å². The average molecular weight is 240 g/mol. The van der Waals surface area contributed by atoms with E-state index in [2.05, 4.69) is 0 Å². The van der Waals surface area contributed by atoms with Crippen LogP contribution in [0.1, 0.15) is 23.7 Å². The van der Waals surface area contributed by atoms with Gasteiger partial charge in [0.25, 0.3) is 0 Å². The van der Waals surface area contributed by atoms with Crippen LogP contribution in [0.25, 0.3) is 0 Å². The number of sulfone groups is 1.